The molecular formula is C11H14O2. The highest BCUT2D eigenvalue weighted by Gasteiger charge is 1.97. The summed E-state index contributed by atoms with van der Waals surface area (Å²) in [5.74, 6) is -0.915. The van der Waals surface area contributed by atoms with Gasteiger partial charge in [0, 0.05) is 5.57 Å². The van der Waals surface area contributed by atoms with E-state index < -0.39 is 5.97 Å². The van der Waals surface area contributed by atoms with Gasteiger partial charge in [-0.3, -0.25) is 0 Å². The van der Waals surface area contributed by atoms with Crippen molar-refractivity contribution in [2.75, 3.05) is 0 Å². The standard InChI is InChI=1S/C11H14O2/c1-5-10(8(2)3)7-6-9(4)11(12)13/h5-7H,1-2H2,3-4H3,(H,12,13)/b9-6+,10-7+. The molecule has 0 aromatic rings. The molecule has 0 amide bonds. The van der Waals surface area contributed by atoms with Crippen LogP contribution in [-0.4, -0.2) is 11.1 Å². The fourth-order valence-electron chi connectivity index (χ4n) is 0.671. The number of rotatable bonds is 4. The van der Waals surface area contributed by atoms with Crippen molar-refractivity contribution in [1.82, 2.24) is 0 Å². The molecule has 70 valence electrons. The quantitative estimate of drug-likeness (QED) is 0.531. The van der Waals surface area contributed by atoms with Gasteiger partial charge in [0.1, 0.15) is 0 Å². The third-order valence-electron chi connectivity index (χ3n) is 1.56. The molecule has 0 spiro atoms. The second-order valence-corrected chi connectivity index (χ2v) is 2.76. The highest BCUT2D eigenvalue weighted by atomic mass is 16.4. The first-order valence-electron chi connectivity index (χ1n) is 3.89. The lowest BCUT2D eigenvalue weighted by atomic mass is 10.1. The van der Waals surface area contributed by atoms with E-state index in [4.69, 9.17) is 5.11 Å². The van der Waals surface area contributed by atoms with Crippen LogP contribution in [0.5, 0.6) is 0 Å². The second kappa shape index (κ2) is 5.14. The highest BCUT2D eigenvalue weighted by molar-refractivity contribution is 5.86. The Morgan fingerprint density at radius 2 is 1.85 bits per heavy atom. The molecule has 2 heteroatoms. The Bertz CT molecular complexity index is 293. The summed E-state index contributed by atoms with van der Waals surface area (Å²) < 4.78 is 0. The first kappa shape index (κ1) is 11.4. The van der Waals surface area contributed by atoms with Crippen LogP contribution in [0.1, 0.15) is 13.8 Å². The Labute approximate surface area is 78.6 Å². The Balaban J connectivity index is 4.74. The molecule has 0 rings (SSSR count). The van der Waals surface area contributed by atoms with Crippen LogP contribution >= 0.6 is 0 Å². The average Bonchev–Trinajstić information content (AvgIpc) is 2.04. The number of carboxylic acids is 1. The molecule has 0 aromatic carbocycles. The maximum Gasteiger partial charge on any atom is 0.331 e. The van der Waals surface area contributed by atoms with E-state index in [1.165, 1.54) is 13.0 Å². The van der Waals surface area contributed by atoms with Gasteiger partial charge >= 0.3 is 5.97 Å². The van der Waals surface area contributed by atoms with Gasteiger partial charge < -0.3 is 5.11 Å². The third-order valence-corrected chi connectivity index (χ3v) is 1.56. The van der Waals surface area contributed by atoms with Gasteiger partial charge in [-0.25, -0.2) is 4.79 Å². The van der Waals surface area contributed by atoms with Crippen LogP contribution in [0.3, 0.4) is 0 Å². The number of hydrogen-bond donors (Lipinski definition) is 1. The van der Waals surface area contributed by atoms with Crippen LogP contribution in [-0.2, 0) is 4.79 Å². The summed E-state index contributed by atoms with van der Waals surface area (Å²) in [6.07, 6.45) is 4.88. The fourth-order valence-corrected chi connectivity index (χ4v) is 0.671. The van der Waals surface area contributed by atoms with Crippen molar-refractivity contribution in [3.8, 4) is 0 Å². The fraction of sp³-hybridized carbons (Fsp3) is 0.182. The smallest absolute Gasteiger partial charge is 0.331 e. The van der Waals surface area contributed by atoms with Crippen LogP contribution in [0.25, 0.3) is 0 Å². The molecule has 13 heavy (non-hydrogen) atoms. The van der Waals surface area contributed by atoms with E-state index in [9.17, 15) is 4.79 Å². The molecule has 0 aliphatic carbocycles. The molecule has 0 radical (unpaired) electrons. The summed E-state index contributed by atoms with van der Waals surface area (Å²) in [4.78, 5) is 10.4. The van der Waals surface area contributed by atoms with Crippen LogP contribution in [0.2, 0.25) is 0 Å². The second-order valence-electron chi connectivity index (χ2n) is 2.76. The summed E-state index contributed by atoms with van der Waals surface area (Å²) in [7, 11) is 0. The molecule has 0 aliphatic heterocycles. The number of carboxylic acid groups (broad SMARTS) is 1. The first-order valence-corrected chi connectivity index (χ1v) is 3.89. The van der Waals surface area contributed by atoms with Gasteiger partial charge in [-0.1, -0.05) is 37.0 Å². The van der Waals surface area contributed by atoms with Crippen molar-refractivity contribution in [3.05, 3.63) is 48.1 Å². The lowest BCUT2D eigenvalue weighted by molar-refractivity contribution is -0.132. The molecule has 0 saturated carbocycles. The molecule has 1 N–H and O–H groups in total. The van der Waals surface area contributed by atoms with E-state index in [1.807, 2.05) is 6.92 Å². The molecule has 0 aromatic heterocycles. The maximum absolute atomic E-state index is 10.4. The zero-order valence-electron chi connectivity index (χ0n) is 8.00. The Kier molecular flexibility index (Phi) is 4.52. The van der Waals surface area contributed by atoms with Gasteiger partial charge in [0.15, 0.2) is 0 Å². The van der Waals surface area contributed by atoms with Crippen molar-refractivity contribution in [3.63, 3.8) is 0 Å². The molecule has 0 unspecified atom stereocenters. The normalized spacial score (nSPS) is 12.5. The van der Waals surface area contributed by atoms with Crippen molar-refractivity contribution in [2.24, 2.45) is 0 Å². The van der Waals surface area contributed by atoms with Gasteiger partial charge in [0.05, 0.1) is 0 Å². The Morgan fingerprint density at radius 1 is 1.31 bits per heavy atom. The minimum atomic E-state index is -0.915. The number of hydrogen-bond acceptors (Lipinski definition) is 1. The largest absolute Gasteiger partial charge is 0.478 e. The van der Waals surface area contributed by atoms with Gasteiger partial charge in [-0.15, -0.1) is 0 Å². The van der Waals surface area contributed by atoms with Gasteiger partial charge in [-0.05, 0) is 19.4 Å². The van der Waals surface area contributed by atoms with Crippen LogP contribution in [0.4, 0.5) is 0 Å². The van der Waals surface area contributed by atoms with Crippen molar-refractivity contribution in [1.29, 1.82) is 0 Å². The predicted molar refractivity (Wildman–Crippen MR) is 54.5 cm³/mol. The zero-order chi connectivity index (χ0) is 10.4. The Morgan fingerprint density at radius 3 is 2.15 bits per heavy atom. The van der Waals surface area contributed by atoms with E-state index in [0.29, 0.717) is 5.57 Å². The van der Waals surface area contributed by atoms with E-state index in [1.54, 1.807) is 12.2 Å². The SMILES string of the molecule is C=C/C(=C\C=C(/C)C(=O)O)C(=C)C. The van der Waals surface area contributed by atoms with E-state index in [2.05, 4.69) is 13.2 Å². The molecule has 0 aliphatic rings. The summed E-state index contributed by atoms with van der Waals surface area (Å²) in [6.45, 7) is 10.7. The minimum Gasteiger partial charge on any atom is -0.478 e. The van der Waals surface area contributed by atoms with Gasteiger partial charge in [0.25, 0.3) is 0 Å². The number of allylic oxidation sites excluding steroid dienone is 5. The summed E-state index contributed by atoms with van der Waals surface area (Å²) in [6, 6.07) is 0. The summed E-state index contributed by atoms with van der Waals surface area (Å²) in [5.41, 5.74) is 2.01. The maximum atomic E-state index is 10.4. The summed E-state index contributed by atoms with van der Waals surface area (Å²) >= 11 is 0. The number of aliphatic carboxylic acids is 1. The van der Waals surface area contributed by atoms with Gasteiger partial charge in [-0.2, -0.15) is 0 Å². The highest BCUT2D eigenvalue weighted by Crippen LogP contribution is 2.08. The van der Waals surface area contributed by atoms with E-state index in [-0.39, 0.29) is 0 Å². The lowest BCUT2D eigenvalue weighted by Crippen LogP contribution is -1.94. The van der Waals surface area contributed by atoms with Crippen molar-refractivity contribution in [2.45, 2.75) is 13.8 Å². The van der Waals surface area contributed by atoms with Crippen LogP contribution in [0, 0.1) is 0 Å². The molecular weight excluding hydrogens is 164 g/mol. The summed E-state index contributed by atoms with van der Waals surface area (Å²) in [5, 5.41) is 8.56. The molecule has 0 atom stereocenters. The Hall–Kier alpha value is -1.57. The van der Waals surface area contributed by atoms with Gasteiger partial charge in [0.2, 0.25) is 0 Å². The molecule has 0 fully saturated rings. The van der Waals surface area contributed by atoms with Crippen molar-refractivity contribution < 1.29 is 9.90 Å². The van der Waals surface area contributed by atoms with E-state index >= 15 is 0 Å². The average molecular weight is 178 g/mol. The molecule has 0 heterocycles. The number of carbonyl (C=O) groups is 1. The zero-order valence-corrected chi connectivity index (χ0v) is 8.00. The van der Waals surface area contributed by atoms with Crippen LogP contribution in [0.15, 0.2) is 48.1 Å². The topological polar surface area (TPSA) is 37.3 Å². The minimum absolute atomic E-state index is 0.292. The van der Waals surface area contributed by atoms with Crippen molar-refractivity contribution >= 4 is 5.97 Å². The monoisotopic (exact) mass is 178 g/mol. The lowest BCUT2D eigenvalue weighted by Gasteiger charge is -1.97. The van der Waals surface area contributed by atoms with Crippen LogP contribution < -0.4 is 0 Å². The molecule has 0 bridgehead atoms. The first-order chi connectivity index (χ1) is 5.99. The molecule has 0 saturated heterocycles. The molecule has 2 nitrogen and oxygen atoms in total. The third kappa shape index (κ3) is 4.11. The predicted octanol–water partition coefficient (Wildman–Crippen LogP) is 2.71. The van der Waals surface area contributed by atoms with E-state index in [0.717, 1.165) is 11.1 Å².